The summed E-state index contributed by atoms with van der Waals surface area (Å²) in [6.07, 6.45) is 3.41. The van der Waals surface area contributed by atoms with Crippen molar-refractivity contribution in [3.8, 4) is 0 Å². The van der Waals surface area contributed by atoms with Crippen LogP contribution in [-0.2, 0) is 0 Å². The zero-order valence-electron chi connectivity index (χ0n) is 9.24. The summed E-state index contributed by atoms with van der Waals surface area (Å²) in [5.41, 5.74) is 1.50. The summed E-state index contributed by atoms with van der Waals surface area (Å²) in [5, 5.41) is 1.06. The zero-order valence-corrected chi connectivity index (χ0v) is 10.9. The van der Waals surface area contributed by atoms with Gasteiger partial charge in [-0.05, 0) is 17.7 Å². The number of thioether (sulfide) groups is 2. The van der Waals surface area contributed by atoms with E-state index in [1.165, 1.54) is 16.2 Å². The highest BCUT2D eigenvalue weighted by Crippen LogP contribution is 2.41. The fourth-order valence-electron chi connectivity index (χ4n) is 1.92. The molecular weight excluding hydrogens is 248 g/mol. The van der Waals surface area contributed by atoms with Crippen molar-refractivity contribution in [2.75, 3.05) is 11.5 Å². The van der Waals surface area contributed by atoms with Crippen molar-refractivity contribution in [2.45, 2.75) is 15.8 Å². The highest BCUT2D eigenvalue weighted by Gasteiger charge is 2.22. The first-order valence-corrected chi connectivity index (χ1v) is 7.51. The molecule has 0 saturated heterocycles. The molecule has 0 saturated carbocycles. The maximum absolute atomic E-state index is 4.24. The topological polar surface area (TPSA) is 25.8 Å². The van der Waals surface area contributed by atoms with Crippen molar-refractivity contribution in [3.63, 3.8) is 0 Å². The molecular formula is C13H12N2S2. The number of fused-ring (bicyclic) bond motifs is 1. The molecule has 1 aliphatic rings. The van der Waals surface area contributed by atoms with Gasteiger partial charge in [0.1, 0.15) is 6.33 Å². The van der Waals surface area contributed by atoms with Gasteiger partial charge in [0, 0.05) is 28.5 Å². The first-order chi connectivity index (χ1) is 8.43. The van der Waals surface area contributed by atoms with Crippen molar-refractivity contribution in [1.82, 2.24) is 9.97 Å². The molecule has 0 aliphatic carbocycles. The number of aromatic nitrogens is 2. The average Bonchev–Trinajstić information content (AvgIpc) is 2.81. The van der Waals surface area contributed by atoms with E-state index < -0.39 is 0 Å². The zero-order chi connectivity index (χ0) is 11.5. The van der Waals surface area contributed by atoms with E-state index >= 15 is 0 Å². The standard InChI is InChI=1S/C13H12N2S2/c1-2-4-12-11(3-1)10(7-16-12)8-17-13-5-6-14-9-15-13/h1-6,9-10H,7-8H2. The van der Waals surface area contributed by atoms with Crippen LogP contribution >= 0.6 is 23.5 Å². The van der Waals surface area contributed by atoms with E-state index in [0.29, 0.717) is 5.92 Å². The Morgan fingerprint density at radius 1 is 1.29 bits per heavy atom. The fraction of sp³-hybridized carbons (Fsp3) is 0.231. The molecule has 0 spiro atoms. The van der Waals surface area contributed by atoms with Gasteiger partial charge < -0.3 is 0 Å². The summed E-state index contributed by atoms with van der Waals surface area (Å²) in [4.78, 5) is 9.62. The SMILES string of the molecule is c1ccc2c(c1)SCC2CSc1ccncn1. The Morgan fingerprint density at radius 2 is 2.24 bits per heavy atom. The molecule has 0 amide bonds. The maximum atomic E-state index is 4.24. The Hall–Kier alpha value is -1.00. The van der Waals surface area contributed by atoms with E-state index in [4.69, 9.17) is 0 Å². The molecule has 2 aromatic rings. The summed E-state index contributed by atoms with van der Waals surface area (Å²) in [5.74, 6) is 2.94. The summed E-state index contributed by atoms with van der Waals surface area (Å²) in [6, 6.07) is 10.7. The highest BCUT2D eigenvalue weighted by atomic mass is 32.2. The van der Waals surface area contributed by atoms with Gasteiger partial charge in [-0.2, -0.15) is 0 Å². The molecule has 1 aromatic heterocycles. The van der Waals surface area contributed by atoms with Gasteiger partial charge in [-0.15, -0.1) is 23.5 Å². The minimum absolute atomic E-state index is 0.649. The molecule has 0 bridgehead atoms. The van der Waals surface area contributed by atoms with Gasteiger partial charge in [-0.3, -0.25) is 0 Å². The largest absolute Gasteiger partial charge is 0.245 e. The molecule has 0 radical (unpaired) electrons. The lowest BCUT2D eigenvalue weighted by atomic mass is 10.0. The molecule has 86 valence electrons. The van der Waals surface area contributed by atoms with Crippen molar-refractivity contribution in [1.29, 1.82) is 0 Å². The minimum Gasteiger partial charge on any atom is -0.245 e. The van der Waals surface area contributed by atoms with Crippen LogP contribution in [0.4, 0.5) is 0 Å². The van der Waals surface area contributed by atoms with Crippen molar-refractivity contribution in [2.24, 2.45) is 0 Å². The minimum atomic E-state index is 0.649. The van der Waals surface area contributed by atoms with Crippen molar-refractivity contribution in [3.05, 3.63) is 48.4 Å². The number of hydrogen-bond acceptors (Lipinski definition) is 4. The highest BCUT2D eigenvalue weighted by molar-refractivity contribution is 8.00. The van der Waals surface area contributed by atoms with Gasteiger partial charge >= 0.3 is 0 Å². The molecule has 1 aliphatic heterocycles. The number of benzene rings is 1. The molecule has 2 heterocycles. The Kier molecular flexibility index (Phi) is 3.34. The molecule has 17 heavy (non-hydrogen) atoms. The third kappa shape index (κ3) is 2.48. The molecule has 0 fully saturated rings. The lowest BCUT2D eigenvalue weighted by Gasteiger charge is -2.09. The van der Waals surface area contributed by atoms with E-state index in [0.717, 1.165) is 10.8 Å². The van der Waals surface area contributed by atoms with Crippen molar-refractivity contribution >= 4 is 23.5 Å². The van der Waals surface area contributed by atoms with Gasteiger partial charge in [0.05, 0.1) is 5.03 Å². The maximum Gasteiger partial charge on any atom is 0.116 e. The molecule has 2 nitrogen and oxygen atoms in total. The lowest BCUT2D eigenvalue weighted by Crippen LogP contribution is -2.00. The monoisotopic (exact) mass is 260 g/mol. The van der Waals surface area contributed by atoms with Gasteiger partial charge in [-0.25, -0.2) is 9.97 Å². The summed E-state index contributed by atoms with van der Waals surface area (Å²) in [7, 11) is 0. The van der Waals surface area contributed by atoms with Crippen LogP contribution in [0.5, 0.6) is 0 Å². The van der Waals surface area contributed by atoms with Crippen LogP contribution < -0.4 is 0 Å². The van der Waals surface area contributed by atoms with Crippen LogP contribution in [0.25, 0.3) is 0 Å². The molecule has 3 rings (SSSR count). The first kappa shape index (κ1) is 11.1. The van der Waals surface area contributed by atoms with Crippen molar-refractivity contribution < 1.29 is 0 Å². The number of nitrogens with zero attached hydrogens (tertiary/aromatic N) is 2. The van der Waals surface area contributed by atoms with Crippen LogP contribution in [0, 0.1) is 0 Å². The van der Waals surface area contributed by atoms with E-state index in [9.17, 15) is 0 Å². The predicted octanol–water partition coefficient (Wildman–Crippen LogP) is 3.46. The van der Waals surface area contributed by atoms with Crippen LogP contribution in [0.3, 0.4) is 0 Å². The predicted molar refractivity (Wildman–Crippen MR) is 72.7 cm³/mol. The number of rotatable bonds is 3. The fourth-order valence-corrected chi connectivity index (χ4v) is 4.27. The second-order valence-electron chi connectivity index (χ2n) is 3.90. The Morgan fingerprint density at radius 3 is 3.12 bits per heavy atom. The molecule has 0 N–H and O–H groups in total. The van der Waals surface area contributed by atoms with Crippen LogP contribution in [0.2, 0.25) is 0 Å². The Labute approximate surface area is 109 Å². The Bertz CT molecular complexity index is 502. The quantitative estimate of drug-likeness (QED) is 0.623. The Balaban J connectivity index is 1.68. The molecule has 4 heteroatoms. The molecule has 1 aromatic carbocycles. The van der Waals surface area contributed by atoms with E-state index in [1.807, 2.05) is 29.6 Å². The van der Waals surface area contributed by atoms with Crippen LogP contribution in [0.1, 0.15) is 11.5 Å². The van der Waals surface area contributed by atoms with Gasteiger partial charge in [0.25, 0.3) is 0 Å². The summed E-state index contributed by atoms with van der Waals surface area (Å²) >= 11 is 3.78. The van der Waals surface area contributed by atoms with Crippen LogP contribution in [-0.4, -0.2) is 21.5 Å². The average molecular weight is 260 g/mol. The first-order valence-electron chi connectivity index (χ1n) is 5.54. The third-order valence-corrected chi connectivity index (χ3v) is 5.14. The van der Waals surface area contributed by atoms with E-state index in [2.05, 4.69) is 34.2 Å². The second kappa shape index (κ2) is 5.10. The van der Waals surface area contributed by atoms with E-state index in [-0.39, 0.29) is 0 Å². The lowest BCUT2D eigenvalue weighted by molar-refractivity contribution is 0.893. The summed E-state index contributed by atoms with van der Waals surface area (Å²) in [6.45, 7) is 0. The van der Waals surface area contributed by atoms with Gasteiger partial charge in [0.2, 0.25) is 0 Å². The van der Waals surface area contributed by atoms with E-state index in [1.54, 1.807) is 12.5 Å². The van der Waals surface area contributed by atoms with Gasteiger partial charge in [0.15, 0.2) is 0 Å². The second-order valence-corrected chi connectivity index (χ2v) is 6.01. The third-order valence-electron chi connectivity index (χ3n) is 2.79. The smallest absolute Gasteiger partial charge is 0.116 e. The van der Waals surface area contributed by atoms with Gasteiger partial charge in [-0.1, -0.05) is 18.2 Å². The molecule has 1 unspecified atom stereocenters. The summed E-state index contributed by atoms with van der Waals surface area (Å²) < 4.78 is 0. The van der Waals surface area contributed by atoms with Crippen LogP contribution in [0.15, 0.2) is 52.8 Å². The number of hydrogen-bond donors (Lipinski definition) is 0. The normalized spacial score (nSPS) is 18.0. The molecule has 1 atom stereocenters.